The average Bonchev–Trinajstić information content (AvgIpc) is 2.23. The van der Waals surface area contributed by atoms with Gasteiger partial charge in [0.2, 0.25) is 5.91 Å². The van der Waals surface area contributed by atoms with E-state index in [0.717, 1.165) is 25.7 Å². The number of carbonyl (C=O) groups is 2. The fourth-order valence-electron chi connectivity index (χ4n) is 2.10. The van der Waals surface area contributed by atoms with Crippen molar-refractivity contribution < 1.29 is 14.7 Å². The minimum Gasteiger partial charge on any atom is -0.481 e. The molecule has 1 saturated carbocycles. The zero-order chi connectivity index (χ0) is 13.1. The van der Waals surface area contributed by atoms with Crippen LogP contribution in [-0.2, 0) is 9.59 Å². The van der Waals surface area contributed by atoms with Gasteiger partial charge in [0.05, 0.1) is 18.0 Å². The molecule has 0 aliphatic heterocycles. The summed E-state index contributed by atoms with van der Waals surface area (Å²) in [6.07, 6.45) is 3.26. The molecule has 17 heavy (non-hydrogen) atoms. The van der Waals surface area contributed by atoms with Crippen molar-refractivity contribution in [1.82, 2.24) is 5.32 Å². The van der Waals surface area contributed by atoms with Gasteiger partial charge < -0.3 is 16.2 Å². The van der Waals surface area contributed by atoms with Crippen LogP contribution < -0.4 is 11.1 Å². The van der Waals surface area contributed by atoms with E-state index >= 15 is 0 Å². The number of carboxylic acids is 1. The Kier molecular flexibility index (Phi) is 4.51. The van der Waals surface area contributed by atoms with Gasteiger partial charge in [-0.2, -0.15) is 0 Å². The van der Waals surface area contributed by atoms with Gasteiger partial charge in [-0.1, -0.05) is 20.3 Å². The molecule has 0 saturated heterocycles. The van der Waals surface area contributed by atoms with Gasteiger partial charge in [-0.15, -0.1) is 0 Å². The molecular weight excluding hydrogens is 220 g/mol. The molecule has 5 heteroatoms. The smallest absolute Gasteiger partial charge is 0.305 e. The number of rotatable bonds is 6. The predicted molar refractivity (Wildman–Crippen MR) is 64.4 cm³/mol. The molecule has 0 bridgehead atoms. The Morgan fingerprint density at radius 2 is 2.06 bits per heavy atom. The predicted octanol–water partition coefficient (Wildman–Crippen LogP) is 0.873. The molecule has 4 N–H and O–H groups in total. The second kappa shape index (κ2) is 5.49. The summed E-state index contributed by atoms with van der Waals surface area (Å²) in [7, 11) is 0. The normalized spacial score (nSPS) is 21.1. The number of hydrogen-bond acceptors (Lipinski definition) is 3. The molecule has 0 aromatic carbocycles. The van der Waals surface area contributed by atoms with Crippen molar-refractivity contribution in [3.63, 3.8) is 0 Å². The highest BCUT2D eigenvalue weighted by Gasteiger charge is 2.41. The van der Waals surface area contributed by atoms with Crippen LogP contribution in [0.3, 0.4) is 0 Å². The summed E-state index contributed by atoms with van der Waals surface area (Å²) in [4.78, 5) is 22.7. The largest absolute Gasteiger partial charge is 0.481 e. The van der Waals surface area contributed by atoms with Gasteiger partial charge in [0, 0.05) is 0 Å². The molecule has 2 atom stereocenters. The molecule has 1 aliphatic carbocycles. The van der Waals surface area contributed by atoms with Crippen LogP contribution >= 0.6 is 0 Å². The highest BCUT2D eigenvalue weighted by Crippen LogP contribution is 2.35. The Balaban J connectivity index is 2.56. The summed E-state index contributed by atoms with van der Waals surface area (Å²) in [6.45, 7) is 3.91. The summed E-state index contributed by atoms with van der Waals surface area (Å²) in [5, 5.41) is 11.7. The lowest BCUT2D eigenvalue weighted by Crippen LogP contribution is -2.59. The summed E-state index contributed by atoms with van der Waals surface area (Å²) >= 11 is 0. The number of nitrogens with one attached hydrogen (secondary N) is 1. The van der Waals surface area contributed by atoms with Crippen LogP contribution in [0.25, 0.3) is 0 Å². The fraction of sp³-hybridized carbons (Fsp3) is 0.833. The van der Waals surface area contributed by atoms with E-state index in [0.29, 0.717) is 0 Å². The maximum absolute atomic E-state index is 11.9. The van der Waals surface area contributed by atoms with Crippen LogP contribution in [-0.4, -0.2) is 28.6 Å². The van der Waals surface area contributed by atoms with Gasteiger partial charge in [0.15, 0.2) is 0 Å². The van der Waals surface area contributed by atoms with Crippen molar-refractivity contribution in [2.75, 3.05) is 0 Å². The van der Waals surface area contributed by atoms with E-state index in [1.54, 1.807) is 0 Å². The lowest BCUT2D eigenvalue weighted by atomic mass is 9.74. The van der Waals surface area contributed by atoms with E-state index < -0.39 is 17.6 Å². The standard InChI is InChI=1S/C12H22N2O3/c1-3-8(2)10(13)11(17)14-12(5-4-6-12)7-9(15)16/h8,10H,3-7,13H2,1-2H3,(H,14,17)(H,15,16)/t8-,10-/m0/s1. The maximum atomic E-state index is 11.9. The van der Waals surface area contributed by atoms with Crippen LogP contribution in [0.2, 0.25) is 0 Å². The Morgan fingerprint density at radius 3 is 2.41 bits per heavy atom. The molecule has 1 amide bonds. The van der Waals surface area contributed by atoms with Gasteiger partial charge in [0.25, 0.3) is 0 Å². The summed E-state index contributed by atoms with van der Waals surface area (Å²) < 4.78 is 0. The summed E-state index contributed by atoms with van der Waals surface area (Å²) in [5.41, 5.74) is 5.28. The first-order chi connectivity index (χ1) is 7.90. The van der Waals surface area contributed by atoms with E-state index in [1.807, 2.05) is 13.8 Å². The van der Waals surface area contributed by atoms with Crippen LogP contribution in [0.15, 0.2) is 0 Å². The van der Waals surface area contributed by atoms with Crippen LogP contribution in [0, 0.1) is 5.92 Å². The van der Waals surface area contributed by atoms with Crippen molar-refractivity contribution >= 4 is 11.9 Å². The lowest BCUT2D eigenvalue weighted by molar-refractivity contribution is -0.140. The van der Waals surface area contributed by atoms with Gasteiger partial charge in [-0.3, -0.25) is 9.59 Å². The Hall–Kier alpha value is -1.10. The minimum atomic E-state index is -0.873. The first kappa shape index (κ1) is 14.0. The monoisotopic (exact) mass is 242 g/mol. The van der Waals surface area contributed by atoms with E-state index in [2.05, 4.69) is 5.32 Å². The SMILES string of the molecule is CC[C@H](C)[C@H](N)C(=O)NC1(CC(=O)O)CCC1. The zero-order valence-corrected chi connectivity index (χ0v) is 10.5. The molecule has 0 heterocycles. The Labute approximate surface area is 102 Å². The highest BCUT2D eigenvalue weighted by atomic mass is 16.4. The molecule has 0 aromatic heterocycles. The van der Waals surface area contributed by atoms with E-state index in [9.17, 15) is 9.59 Å². The molecular formula is C12H22N2O3. The maximum Gasteiger partial charge on any atom is 0.305 e. The van der Waals surface area contributed by atoms with E-state index in [1.165, 1.54) is 0 Å². The van der Waals surface area contributed by atoms with Crippen LogP contribution in [0.1, 0.15) is 46.0 Å². The van der Waals surface area contributed by atoms with Gasteiger partial charge in [-0.05, 0) is 25.2 Å². The van der Waals surface area contributed by atoms with E-state index in [-0.39, 0.29) is 18.2 Å². The fourth-order valence-corrected chi connectivity index (χ4v) is 2.10. The van der Waals surface area contributed by atoms with Crippen LogP contribution in [0.4, 0.5) is 0 Å². The van der Waals surface area contributed by atoms with E-state index in [4.69, 9.17) is 10.8 Å². The van der Waals surface area contributed by atoms with Gasteiger partial charge in [0.1, 0.15) is 0 Å². The van der Waals surface area contributed by atoms with Crippen molar-refractivity contribution in [3.8, 4) is 0 Å². The first-order valence-electron chi connectivity index (χ1n) is 6.19. The minimum absolute atomic E-state index is 0.00797. The molecule has 0 aromatic rings. The van der Waals surface area contributed by atoms with Gasteiger partial charge in [-0.25, -0.2) is 0 Å². The molecule has 98 valence electrons. The van der Waals surface area contributed by atoms with Crippen LogP contribution in [0.5, 0.6) is 0 Å². The topological polar surface area (TPSA) is 92.4 Å². The second-order valence-electron chi connectivity index (χ2n) is 5.10. The van der Waals surface area contributed by atoms with Crippen molar-refractivity contribution in [2.45, 2.75) is 57.5 Å². The molecule has 1 aliphatic rings. The molecule has 0 radical (unpaired) electrons. The third-order valence-electron chi connectivity index (χ3n) is 3.75. The Bertz CT molecular complexity index is 300. The number of hydrogen-bond donors (Lipinski definition) is 3. The average molecular weight is 242 g/mol. The third kappa shape index (κ3) is 3.43. The summed E-state index contributed by atoms with van der Waals surface area (Å²) in [5.74, 6) is -0.987. The third-order valence-corrected chi connectivity index (χ3v) is 3.75. The molecule has 5 nitrogen and oxygen atoms in total. The molecule has 1 rings (SSSR count). The van der Waals surface area contributed by atoms with Crippen molar-refractivity contribution in [3.05, 3.63) is 0 Å². The zero-order valence-electron chi connectivity index (χ0n) is 10.5. The Morgan fingerprint density at radius 1 is 1.47 bits per heavy atom. The number of nitrogens with two attached hydrogens (primary N) is 1. The number of carboxylic acid groups (broad SMARTS) is 1. The number of carbonyl (C=O) groups excluding carboxylic acids is 1. The van der Waals surface area contributed by atoms with Crippen molar-refractivity contribution in [2.24, 2.45) is 11.7 Å². The van der Waals surface area contributed by atoms with Gasteiger partial charge >= 0.3 is 5.97 Å². The molecule has 1 fully saturated rings. The number of aliphatic carboxylic acids is 1. The number of amides is 1. The lowest BCUT2D eigenvalue weighted by Gasteiger charge is -2.42. The molecule has 0 spiro atoms. The quantitative estimate of drug-likeness (QED) is 0.644. The molecule has 0 unspecified atom stereocenters. The summed E-state index contributed by atoms with van der Waals surface area (Å²) in [6, 6.07) is -0.550. The first-order valence-corrected chi connectivity index (χ1v) is 6.19. The second-order valence-corrected chi connectivity index (χ2v) is 5.10. The highest BCUT2D eigenvalue weighted by molar-refractivity contribution is 5.83. The van der Waals surface area contributed by atoms with Crippen molar-refractivity contribution in [1.29, 1.82) is 0 Å².